The van der Waals surface area contributed by atoms with Crippen molar-refractivity contribution in [1.82, 2.24) is 16.2 Å². The lowest BCUT2D eigenvalue weighted by Crippen LogP contribution is -2.49. The summed E-state index contributed by atoms with van der Waals surface area (Å²) in [5.41, 5.74) is 6.23. The number of hydrogen-bond acceptors (Lipinski definition) is 4. The molecule has 3 N–H and O–H groups in total. The van der Waals surface area contributed by atoms with Crippen LogP contribution in [0.1, 0.15) is 36.7 Å². The first-order valence-electron chi connectivity index (χ1n) is 8.65. The van der Waals surface area contributed by atoms with E-state index in [1.807, 2.05) is 12.1 Å². The number of amides is 2. The molecule has 0 atom stereocenters. The molecule has 154 valence electrons. The van der Waals surface area contributed by atoms with E-state index < -0.39 is 11.8 Å². The number of hydrazine groups is 1. The maximum atomic E-state index is 12.1. The number of thiocarbonyl (C=S) groups is 1. The molecule has 0 aliphatic rings. The maximum Gasteiger partial charge on any atom is 0.276 e. The third-order valence-corrected chi connectivity index (χ3v) is 4.97. The summed E-state index contributed by atoms with van der Waals surface area (Å²) in [6, 6.07) is 12.3. The Morgan fingerprint density at radius 1 is 1.14 bits per heavy atom. The zero-order valence-electron chi connectivity index (χ0n) is 16.1. The van der Waals surface area contributed by atoms with Crippen molar-refractivity contribution < 1.29 is 14.3 Å². The highest BCUT2D eigenvalue weighted by molar-refractivity contribution is 9.10. The topological polar surface area (TPSA) is 79.5 Å². The Bertz CT molecular complexity index is 931. The van der Waals surface area contributed by atoms with Crippen molar-refractivity contribution in [3.63, 3.8) is 0 Å². The third-order valence-electron chi connectivity index (χ3n) is 3.82. The van der Waals surface area contributed by atoms with Crippen LogP contribution in [-0.4, -0.2) is 23.5 Å². The van der Waals surface area contributed by atoms with Gasteiger partial charge in [0.2, 0.25) is 0 Å². The lowest BCUT2D eigenvalue weighted by atomic mass is 9.87. The van der Waals surface area contributed by atoms with Crippen molar-refractivity contribution in [2.24, 2.45) is 0 Å². The molecule has 0 aliphatic heterocycles. The van der Waals surface area contributed by atoms with Crippen molar-refractivity contribution in [3.8, 4) is 5.75 Å². The van der Waals surface area contributed by atoms with Gasteiger partial charge in [-0.1, -0.05) is 50.6 Å². The molecule has 2 amide bonds. The van der Waals surface area contributed by atoms with Gasteiger partial charge in [0, 0.05) is 0 Å². The van der Waals surface area contributed by atoms with Crippen LogP contribution in [0, 0.1) is 0 Å². The molecule has 0 heterocycles. The second-order valence-electron chi connectivity index (χ2n) is 7.12. The summed E-state index contributed by atoms with van der Waals surface area (Å²) in [4.78, 5) is 24.1. The summed E-state index contributed by atoms with van der Waals surface area (Å²) in [5.74, 6) is -0.407. The number of benzene rings is 2. The molecule has 0 fully saturated rings. The van der Waals surface area contributed by atoms with Crippen LogP contribution in [0.2, 0.25) is 5.02 Å². The van der Waals surface area contributed by atoms with E-state index in [-0.39, 0.29) is 22.7 Å². The van der Waals surface area contributed by atoms with Crippen LogP contribution < -0.4 is 20.9 Å². The highest BCUT2D eigenvalue weighted by Gasteiger charge is 2.16. The molecule has 2 aromatic carbocycles. The third kappa shape index (κ3) is 6.99. The average Bonchev–Trinajstić information content (AvgIpc) is 2.64. The fourth-order valence-corrected chi connectivity index (χ4v) is 3.10. The van der Waals surface area contributed by atoms with Gasteiger partial charge in [-0.05, 0) is 63.4 Å². The highest BCUT2D eigenvalue weighted by atomic mass is 79.9. The lowest BCUT2D eigenvalue weighted by Gasteiger charge is -2.20. The largest absolute Gasteiger partial charge is 0.483 e. The smallest absolute Gasteiger partial charge is 0.276 e. The lowest BCUT2D eigenvalue weighted by molar-refractivity contribution is -0.123. The molecule has 0 saturated heterocycles. The number of halogens is 2. The van der Waals surface area contributed by atoms with Crippen LogP contribution in [-0.2, 0) is 10.2 Å². The molecule has 29 heavy (non-hydrogen) atoms. The van der Waals surface area contributed by atoms with Crippen molar-refractivity contribution in [3.05, 3.63) is 63.1 Å². The fourth-order valence-electron chi connectivity index (χ4n) is 2.24. The Morgan fingerprint density at radius 3 is 2.45 bits per heavy atom. The van der Waals surface area contributed by atoms with Gasteiger partial charge >= 0.3 is 0 Å². The second-order valence-corrected chi connectivity index (χ2v) is 8.79. The van der Waals surface area contributed by atoms with E-state index in [0.29, 0.717) is 10.8 Å². The molecule has 2 rings (SSSR count). The normalized spacial score (nSPS) is 10.8. The molecule has 9 heteroatoms. The van der Waals surface area contributed by atoms with Gasteiger partial charge in [0.05, 0.1) is 15.1 Å². The Hall–Kier alpha value is -2.16. The van der Waals surface area contributed by atoms with Crippen molar-refractivity contribution >= 4 is 56.7 Å². The summed E-state index contributed by atoms with van der Waals surface area (Å²) in [6.45, 7) is 6.10. The minimum absolute atomic E-state index is 0.00640. The van der Waals surface area contributed by atoms with Gasteiger partial charge in [-0.25, -0.2) is 0 Å². The Morgan fingerprint density at radius 2 is 1.83 bits per heavy atom. The van der Waals surface area contributed by atoms with E-state index in [2.05, 4.69) is 52.9 Å². The first kappa shape index (κ1) is 23.1. The van der Waals surface area contributed by atoms with Gasteiger partial charge in [0.25, 0.3) is 11.8 Å². The van der Waals surface area contributed by atoms with Crippen LogP contribution in [0.4, 0.5) is 0 Å². The van der Waals surface area contributed by atoms with Gasteiger partial charge in [-0.2, -0.15) is 0 Å². The molecule has 0 aliphatic carbocycles. The van der Waals surface area contributed by atoms with Crippen LogP contribution >= 0.6 is 39.7 Å². The molecule has 0 radical (unpaired) electrons. The first-order chi connectivity index (χ1) is 13.6. The molecular weight excluding hydrogens is 478 g/mol. The summed E-state index contributed by atoms with van der Waals surface area (Å²) in [6.07, 6.45) is 0. The van der Waals surface area contributed by atoms with E-state index in [1.54, 1.807) is 30.3 Å². The minimum Gasteiger partial charge on any atom is -0.483 e. The molecule has 0 unspecified atom stereocenters. The monoisotopic (exact) mass is 497 g/mol. The number of carbonyl (C=O) groups excluding carboxylic acids is 2. The van der Waals surface area contributed by atoms with Gasteiger partial charge in [0.15, 0.2) is 11.7 Å². The number of rotatable bonds is 4. The number of hydrogen-bond donors (Lipinski definition) is 3. The van der Waals surface area contributed by atoms with E-state index in [9.17, 15) is 9.59 Å². The van der Waals surface area contributed by atoms with Gasteiger partial charge in [-0.15, -0.1) is 0 Å². The number of ether oxygens (including phenoxy) is 1. The first-order valence-corrected chi connectivity index (χ1v) is 10.2. The van der Waals surface area contributed by atoms with Gasteiger partial charge < -0.3 is 4.74 Å². The highest BCUT2D eigenvalue weighted by Crippen LogP contribution is 2.31. The van der Waals surface area contributed by atoms with Crippen molar-refractivity contribution in [2.45, 2.75) is 26.2 Å². The SMILES string of the molecule is CC(C)(C)c1ccc(OCC(=O)NNC(=S)NC(=O)c2ccccc2Cl)c(Br)c1. The fraction of sp³-hybridized carbons (Fsp3) is 0.250. The summed E-state index contributed by atoms with van der Waals surface area (Å²) in [5, 5.41) is 2.66. The predicted molar refractivity (Wildman–Crippen MR) is 121 cm³/mol. The zero-order chi connectivity index (χ0) is 21.6. The molecule has 0 aromatic heterocycles. The quantitative estimate of drug-likeness (QED) is 0.437. The van der Waals surface area contributed by atoms with E-state index in [4.69, 9.17) is 28.6 Å². The van der Waals surface area contributed by atoms with Crippen LogP contribution in [0.25, 0.3) is 0 Å². The Labute approximate surface area is 188 Å². The standard InChI is InChI=1S/C20H21BrClN3O3S/c1-20(2,3)12-8-9-16(14(21)10-12)28-11-17(26)24-25-19(29)23-18(27)13-6-4-5-7-15(13)22/h4-10H,11H2,1-3H3,(H,24,26)(H2,23,25,27,29). The van der Waals surface area contributed by atoms with Crippen molar-refractivity contribution in [1.29, 1.82) is 0 Å². The molecule has 0 bridgehead atoms. The van der Waals surface area contributed by atoms with Gasteiger partial charge in [-0.3, -0.25) is 25.8 Å². The van der Waals surface area contributed by atoms with E-state index >= 15 is 0 Å². The van der Waals surface area contributed by atoms with Crippen LogP contribution in [0.5, 0.6) is 5.75 Å². The molecule has 0 spiro atoms. The molecule has 2 aromatic rings. The summed E-state index contributed by atoms with van der Waals surface area (Å²) >= 11 is 14.4. The molecular formula is C20H21BrClN3O3S. The Kier molecular flexibility index (Phi) is 8.01. The van der Waals surface area contributed by atoms with Gasteiger partial charge in [0.1, 0.15) is 5.75 Å². The number of carbonyl (C=O) groups is 2. The van der Waals surface area contributed by atoms with Crippen LogP contribution in [0.15, 0.2) is 46.9 Å². The van der Waals surface area contributed by atoms with E-state index in [1.165, 1.54) is 0 Å². The molecule has 0 saturated carbocycles. The van der Waals surface area contributed by atoms with E-state index in [0.717, 1.165) is 10.0 Å². The zero-order valence-corrected chi connectivity index (χ0v) is 19.3. The number of nitrogens with one attached hydrogen (secondary N) is 3. The average molecular weight is 499 g/mol. The molecule has 6 nitrogen and oxygen atoms in total. The summed E-state index contributed by atoms with van der Waals surface area (Å²) in [7, 11) is 0. The van der Waals surface area contributed by atoms with Crippen LogP contribution in [0.3, 0.4) is 0 Å². The predicted octanol–water partition coefficient (Wildman–Crippen LogP) is 4.11. The maximum absolute atomic E-state index is 12.1. The minimum atomic E-state index is -0.485. The van der Waals surface area contributed by atoms with Crippen molar-refractivity contribution in [2.75, 3.05) is 6.61 Å². The Balaban J connectivity index is 1.80. The second kappa shape index (κ2) is 10.0. The summed E-state index contributed by atoms with van der Waals surface area (Å²) < 4.78 is 6.28.